The lowest BCUT2D eigenvalue weighted by molar-refractivity contribution is 0.275. The van der Waals surface area contributed by atoms with Crippen molar-refractivity contribution in [1.82, 2.24) is 4.57 Å². The lowest BCUT2D eigenvalue weighted by atomic mass is 9.74. The van der Waals surface area contributed by atoms with E-state index in [0.29, 0.717) is 5.41 Å². The van der Waals surface area contributed by atoms with Gasteiger partial charge in [0.05, 0.1) is 0 Å². The summed E-state index contributed by atoms with van der Waals surface area (Å²) in [5, 5.41) is 0. The number of hydrogen-bond acceptors (Lipinski definition) is 1. The van der Waals surface area contributed by atoms with Crippen LogP contribution in [0.25, 0.3) is 0 Å². The lowest BCUT2D eigenvalue weighted by Gasteiger charge is -2.34. The van der Waals surface area contributed by atoms with E-state index in [2.05, 4.69) is 31.4 Å². The molecule has 0 radical (unpaired) electrons. The van der Waals surface area contributed by atoms with Gasteiger partial charge in [0.25, 0.3) is 0 Å². The standard InChI is InChI=1S/C14H22N2/c1-9-6-11-12(15)7-14(2,3)8-13(11)16(9)10-4-5-10/h6,10,12H,4-5,7-8,15H2,1-3H3. The summed E-state index contributed by atoms with van der Waals surface area (Å²) in [5.41, 5.74) is 11.0. The number of aromatic nitrogens is 1. The molecule has 2 N–H and O–H groups in total. The number of hydrogen-bond donors (Lipinski definition) is 1. The Bertz CT molecular complexity index is 424. The second-order valence-corrected chi connectivity index (χ2v) is 6.44. The maximum absolute atomic E-state index is 6.31. The minimum atomic E-state index is 0.248. The molecule has 0 amide bonds. The highest BCUT2D eigenvalue weighted by Crippen LogP contribution is 2.45. The molecule has 2 heteroatoms. The van der Waals surface area contributed by atoms with Gasteiger partial charge in [-0.1, -0.05) is 13.8 Å². The maximum atomic E-state index is 6.31. The summed E-state index contributed by atoms with van der Waals surface area (Å²) >= 11 is 0. The Morgan fingerprint density at radius 3 is 2.69 bits per heavy atom. The topological polar surface area (TPSA) is 30.9 Å². The van der Waals surface area contributed by atoms with Crippen molar-refractivity contribution in [3.05, 3.63) is 23.0 Å². The van der Waals surface area contributed by atoms with Crippen LogP contribution < -0.4 is 5.73 Å². The van der Waals surface area contributed by atoms with Gasteiger partial charge in [-0.25, -0.2) is 0 Å². The highest BCUT2D eigenvalue weighted by Gasteiger charge is 2.36. The minimum Gasteiger partial charge on any atom is -0.346 e. The van der Waals surface area contributed by atoms with E-state index in [1.54, 1.807) is 0 Å². The Labute approximate surface area is 97.8 Å². The van der Waals surface area contributed by atoms with E-state index in [9.17, 15) is 0 Å². The van der Waals surface area contributed by atoms with Crippen LogP contribution in [0.3, 0.4) is 0 Å². The highest BCUT2D eigenvalue weighted by molar-refractivity contribution is 5.35. The van der Waals surface area contributed by atoms with Gasteiger partial charge in [0.2, 0.25) is 0 Å². The second kappa shape index (κ2) is 3.13. The Balaban J connectivity index is 2.10. The number of nitrogens with two attached hydrogens (primary N) is 1. The molecule has 0 spiro atoms. The molecule has 0 aliphatic heterocycles. The first-order chi connectivity index (χ1) is 7.48. The van der Waals surface area contributed by atoms with E-state index < -0.39 is 0 Å². The first-order valence-corrected chi connectivity index (χ1v) is 6.44. The summed E-state index contributed by atoms with van der Waals surface area (Å²) in [6.07, 6.45) is 5.03. The first kappa shape index (κ1) is 10.4. The third-order valence-corrected chi connectivity index (χ3v) is 4.10. The van der Waals surface area contributed by atoms with Gasteiger partial charge >= 0.3 is 0 Å². The van der Waals surface area contributed by atoms with Crippen molar-refractivity contribution in [3.63, 3.8) is 0 Å². The van der Waals surface area contributed by atoms with Crippen molar-refractivity contribution in [2.24, 2.45) is 11.1 Å². The summed E-state index contributed by atoms with van der Waals surface area (Å²) in [5.74, 6) is 0. The zero-order valence-electron chi connectivity index (χ0n) is 10.6. The molecule has 1 heterocycles. The SMILES string of the molecule is Cc1cc2c(n1C1CC1)CC(C)(C)CC2N. The lowest BCUT2D eigenvalue weighted by Crippen LogP contribution is -2.30. The summed E-state index contributed by atoms with van der Waals surface area (Å²) in [6, 6.07) is 3.36. The van der Waals surface area contributed by atoms with E-state index in [1.807, 2.05) is 0 Å². The van der Waals surface area contributed by atoms with Crippen LogP contribution in [-0.2, 0) is 6.42 Å². The number of nitrogens with zero attached hydrogens (tertiary/aromatic N) is 1. The molecule has 1 aromatic rings. The molecule has 0 aromatic carbocycles. The molecule has 2 nitrogen and oxygen atoms in total. The zero-order chi connectivity index (χ0) is 11.5. The first-order valence-electron chi connectivity index (χ1n) is 6.44. The van der Waals surface area contributed by atoms with Crippen molar-refractivity contribution >= 4 is 0 Å². The van der Waals surface area contributed by atoms with E-state index >= 15 is 0 Å². The van der Waals surface area contributed by atoms with Crippen LogP contribution in [0.2, 0.25) is 0 Å². The fourth-order valence-corrected chi connectivity index (χ4v) is 3.31. The fourth-order valence-electron chi connectivity index (χ4n) is 3.31. The average Bonchev–Trinajstić information content (AvgIpc) is 2.90. The highest BCUT2D eigenvalue weighted by atomic mass is 15.1. The fraction of sp³-hybridized carbons (Fsp3) is 0.714. The Morgan fingerprint density at radius 1 is 1.38 bits per heavy atom. The molecule has 0 saturated heterocycles. The number of fused-ring (bicyclic) bond motifs is 1. The predicted molar refractivity (Wildman–Crippen MR) is 66.5 cm³/mol. The molecule has 88 valence electrons. The largest absolute Gasteiger partial charge is 0.346 e. The summed E-state index contributed by atoms with van der Waals surface area (Å²) < 4.78 is 2.57. The quantitative estimate of drug-likeness (QED) is 0.771. The van der Waals surface area contributed by atoms with Crippen LogP contribution in [0.15, 0.2) is 6.07 Å². The molecular weight excluding hydrogens is 196 g/mol. The van der Waals surface area contributed by atoms with E-state index in [4.69, 9.17) is 5.73 Å². The minimum absolute atomic E-state index is 0.248. The van der Waals surface area contributed by atoms with E-state index in [-0.39, 0.29) is 6.04 Å². The maximum Gasteiger partial charge on any atom is 0.0337 e. The molecule has 3 rings (SSSR count). The molecule has 0 bridgehead atoms. The monoisotopic (exact) mass is 218 g/mol. The van der Waals surface area contributed by atoms with Crippen molar-refractivity contribution in [1.29, 1.82) is 0 Å². The Morgan fingerprint density at radius 2 is 2.06 bits per heavy atom. The van der Waals surface area contributed by atoms with Gasteiger partial charge < -0.3 is 10.3 Å². The van der Waals surface area contributed by atoms with Crippen molar-refractivity contribution < 1.29 is 0 Å². The van der Waals surface area contributed by atoms with Gasteiger partial charge in [0.1, 0.15) is 0 Å². The molecule has 1 saturated carbocycles. The van der Waals surface area contributed by atoms with Gasteiger partial charge in [0, 0.05) is 23.5 Å². The summed E-state index contributed by atoms with van der Waals surface area (Å²) in [4.78, 5) is 0. The second-order valence-electron chi connectivity index (χ2n) is 6.44. The summed E-state index contributed by atoms with van der Waals surface area (Å²) in [7, 11) is 0. The van der Waals surface area contributed by atoms with Gasteiger partial charge in [-0.05, 0) is 49.7 Å². The van der Waals surface area contributed by atoms with Crippen LogP contribution in [0.5, 0.6) is 0 Å². The van der Waals surface area contributed by atoms with Gasteiger partial charge in [0.15, 0.2) is 0 Å². The molecule has 1 aromatic heterocycles. The van der Waals surface area contributed by atoms with Gasteiger partial charge in [-0.2, -0.15) is 0 Å². The molecule has 1 unspecified atom stereocenters. The Hall–Kier alpha value is -0.760. The molecule has 2 aliphatic carbocycles. The Kier molecular flexibility index (Phi) is 2.03. The van der Waals surface area contributed by atoms with Crippen molar-refractivity contribution in [3.8, 4) is 0 Å². The molecule has 16 heavy (non-hydrogen) atoms. The third kappa shape index (κ3) is 1.51. The van der Waals surface area contributed by atoms with Crippen LogP contribution in [0.1, 0.15) is 62.1 Å². The van der Waals surface area contributed by atoms with Crippen LogP contribution in [-0.4, -0.2) is 4.57 Å². The van der Waals surface area contributed by atoms with Crippen LogP contribution in [0.4, 0.5) is 0 Å². The zero-order valence-corrected chi connectivity index (χ0v) is 10.6. The van der Waals surface area contributed by atoms with Crippen LogP contribution in [0, 0.1) is 12.3 Å². The average molecular weight is 218 g/mol. The summed E-state index contributed by atoms with van der Waals surface area (Å²) in [6.45, 7) is 6.92. The van der Waals surface area contributed by atoms with Crippen molar-refractivity contribution in [2.75, 3.05) is 0 Å². The van der Waals surface area contributed by atoms with E-state index in [1.165, 1.54) is 36.2 Å². The molecule has 2 aliphatic rings. The molecular formula is C14H22N2. The van der Waals surface area contributed by atoms with Gasteiger partial charge in [-0.15, -0.1) is 0 Å². The molecule has 1 atom stereocenters. The number of rotatable bonds is 1. The van der Waals surface area contributed by atoms with Gasteiger partial charge in [-0.3, -0.25) is 0 Å². The predicted octanol–water partition coefficient (Wildman–Crippen LogP) is 3.10. The van der Waals surface area contributed by atoms with Crippen LogP contribution >= 0.6 is 0 Å². The number of aryl methyl sites for hydroxylation is 1. The smallest absolute Gasteiger partial charge is 0.0337 e. The normalized spacial score (nSPS) is 27.9. The van der Waals surface area contributed by atoms with E-state index in [0.717, 1.165) is 12.5 Å². The van der Waals surface area contributed by atoms with Crippen molar-refractivity contribution in [2.45, 2.75) is 58.5 Å². The third-order valence-electron chi connectivity index (χ3n) is 4.10. The molecule has 1 fully saturated rings.